The van der Waals surface area contributed by atoms with Crippen LogP contribution in [0.15, 0.2) is 6.20 Å². The molecular formula is C22H33N5O2. The molecule has 1 aromatic rings. The van der Waals surface area contributed by atoms with Gasteiger partial charge in [-0.15, -0.1) is 0 Å². The summed E-state index contributed by atoms with van der Waals surface area (Å²) in [5.74, 6) is 2.34. The third-order valence-corrected chi connectivity index (χ3v) is 6.62. The Morgan fingerprint density at radius 1 is 1.14 bits per heavy atom. The van der Waals surface area contributed by atoms with Crippen molar-refractivity contribution in [1.29, 1.82) is 0 Å². The smallest absolute Gasteiger partial charge is 0.236 e. The fraction of sp³-hybridized carbons (Fsp3) is 0.727. The molecule has 4 rings (SSSR count). The maximum atomic E-state index is 13.0. The number of nitrogens with zero attached hydrogens (tertiary/aromatic N) is 5. The van der Waals surface area contributed by atoms with Gasteiger partial charge in [0, 0.05) is 51.3 Å². The second-order valence-electron chi connectivity index (χ2n) is 9.26. The van der Waals surface area contributed by atoms with Crippen molar-refractivity contribution in [3.8, 4) is 0 Å². The van der Waals surface area contributed by atoms with E-state index < -0.39 is 0 Å². The summed E-state index contributed by atoms with van der Waals surface area (Å²) < 4.78 is 0. The molecule has 0 saturated carbocycles. The molecule has 0 spiro atoms. The molecule has 2 amide bonds. The number of likely N-dealkylation sites (tertiary alicyclic amines) is 2. The monoisotopic (exact) mass is 399 g/mol. The zero-order chi connectivity index (χ0) is 20.5. The topological polar surface area (TPSA) is 69.6 Å². The first-order chi connectivity index (χ1) is 13.9. The molecule has 3 aliphatic heterocycles. The predicted molar refractivity (Wildman–Crippen MR) is 110 cm³/mol. The van der Waals surface area contributed by atoms with Crippen molar-refractivity contribution >= 4 is 11.8 Å². The normalized spacial score (nSPS) is 27.8. The van der Waals surface area contributed by atoms with Gasteiger partial charge in [0.2, 0.25) is 11.8 Å². The number of hydrogen-bond acceptors (Lipinski definition) is 5. The molecular weight excluding hydrogens is 366 g/mol. The van der Waals surface area contributed by atoms with Crippen molar-refractivity contribution in [1.82, 2.24) is 24.7 Å². The zero-order valence-corrected chi connectivity index (χ0v) is 17.9. The maximum absolute atomic E-state index is 13.0. The van der Waals surface area contributed by atoms with Crippen LogP contribution in [0.1, 0.15) is 63.2 Å². The van der Waals surface area contributed by atoms with Gasteiger partial charge < -0.3 is 9.80 Å². The van der Waals surface area contributed by atoms with E-state index in [0.29, 0.717) is 24.9 Å². The number of aromatic nitrogens is 2. The molecule has 0 bridgehead atoms. The minimum Gasteiger partial charge on any atom is -0.341 e. The highest BCUT2D eigenvalue weighted by Crippen LogP contribution is 2.31. The van der Waals surface area contributed by atoms with E-state index in [9.17, 15) is 9.59 Å². The van der Waals surface area contributed by atoms with E-state index in [4.69, 9.17) is 4.98 Å². The van der Waals surface area contributed by atoms with Crippen molar-refractivity contribution in [3.63, 3.8) is 0 Å². The first-order valence-electron chi connectivity index (χ1n) is 11.0. The summed E-state index contributed by atoms with van der Waals surface area (Å²) in [6, 6.07) is 0.120. The molecule has 4 heterocycles. The molecule has 0 unspecified atom stereocenters. The fourth-order valence-corrected chi connectivity index (χ4v) is 5.21. The van der Waals surface area contributed by atoms with Crippen LogP contribution in [0.4, 0.5) is 0 Å². The van der Waals surface area contributed by atoms with Gasteiger partial charge in [-0.1, -0.05) is 13.8 Å². The van der Waals surface area contributed by atoms with Gasteiger partial charge in [-0.2, -0.15) is 0 Å². The zero-order valence-electron chi connectivity index (χ0n) is 17.9. The summed E-state index contributed by atoms with van der Waals surface area (Å²) in [7, 11) is 0. The van der Waals surface area contributed by atoms with Crippen molar-refractivity contribution in [3.05, 3.63) is 23.3 Å². The molecule has 0 aromatic carbocycles. The Labute approximate surface area is 173 Å². The summed E-state index contributed by atoms with van der Waals surface area (Å²) in [6.45, 7) is 10.5. The third-order valence-electron chi connectivity index (χ3n) is 6.62. The van der Waals surface area contributed by atoms with Crippen LogP contribution < -0.4 is 0 Å². The van der Waals surface area contributed by atoms with Crippen LogP contribution in [0.5, 0.6) is 0 Å². The first kappa shape index (κ1) is 20.3. The van der Waals surface area contributed by atoms with Gasteiger partial charge in [-0.05, 0) is 37.6 Å². The van der Waals surface area contributed by atoms with E-state index >= 15 is 0 Å². The quantitative estimate of drug-likeness (QED) is 0.778. The van der Waals surface area contributed by atoms with Gasteiger partial charge >= 0.3 is 0 Å². The lowest BCUT2D eigenvalue weighted by molar-refractivity contribution is -0.135. The lowest BCUT2D eigenvalue weighted by atomic mass is 9.92. The third kappa shape index (κ3) is 4.44. The molecule has 0 aliphatic carbocycles. The second kappa shape index (κ2) is 8.38. The van der Waals surface area contributed by atoms with Gasteiger partial charge in [0.05, 0.1) is 18.3 Å². The van der Waals surface area contributed by atoms with E-state index in [1.165, 1.54) is 6.42 Å². The molecule has 29 heavy (non-hydrogen) atoms. The Hall–Kier alpha value is -2.02. The van der Waals surface area contributed by atoms with Gasteiger partial charge in [-0.3, -0.25) is 14.5 Å². The van der Waals surface area contributed by atoms with E-state index in [-0.39, 0.29) is 17.9 Å². The molecule has 3 atom stereocenters. The highest BCUT2D eigenvalue weighted by molar-refractivity contribution is 5.78. The number of rotatable bonds is 3. The Bertz CT molecular complexity index is 772. The van der Waals surface area contributed by atoms with Gasteiger partial charge in [0.15, 0.2) is 0 Å². The highest BCUT2D eigenvalue weighted by atomic mass is 16.2. The molecule has 3 aliphatic rings. The summed E-state index contributed by atoms with van der Waals surface area (Å²) in [5.41, 5.74) is 2.11. The van der Waals surface area contributed by atoms with Crippen LogP contribution in [0, 0.1) is 11.8 Å². The van der Waals surface area contributed by atoms with Crippen LogP contribution in [-0.4, -0.2) is 69.2 Å². The molecule has 7 heteroatoms. The average Bonchev–Trinajstić information content (AvgIpc) is 3.14. The van der Waals surface area contributed by atoms with Gasteiger partial charge in [-0.25, -0.2) is 9.97 Å². The number of amides is 2. The average molecular weight is 400 g/mol. The number of hydrogen-bond donors (Lipinski definition) is 0. The van der Waals surface area contributed by atoms with Crippen molar-refractivity contribution < 1.29 is 9.59 Å². The molecule has 0 N–H and O–H groups in total. The van der Waals surface area contributed by atoms with Gasteiger partial charge in [0.1, 0.15) is 5.82 Å². The molecule has 2 fully saturated rings. The minimum absolute atomic E-state index is 0.0987. The van der Waals surface area contributed by atoms with E-state index in [1.54, 1.807) is 6.92 Å². The lowest BCUT2D eigenvalue weighted by Crippen LogP contribution is -2.47. The summed E-state index contributed by atoms with van der Waals surface area (Å²) in [6.07, 6.45) is 5.95. The molecule has 1 aromatic heterocycles. The minimum atomic E-state index is 0.0987. The second-order valence-corrected chi connectivity index (χ2v) is 9.26. The van der Waals surface area contributed by atoms with Gasteiger partial charge in [0.25, 0.3) is 0 Å². The lowest BCUT2D eigenvalue weighted by Gasteiger charge is -2.36. The van der Waals surface area contributed by atoms with E-state index in [2.05, 4.69) is 28.6 Å². The van der Waals surface area contributed by atoms with Crippen LogP contribution in [0.25, 0.3) is 0 Å². The fourth-order valence-electron chi connectivity index (χ4n) is 5.21. The standard InChI is InChI=1S/C22H33N5O2/c1-15-9-16(2)12-27(11-15)21(29)14-26-7-4-5-20(26)22-23-10-18-13-25(17(3)28)8-6-19(18)24-22/h10,15-16,20H,4-9,11-14H2,1-3H3/t15-,16-,20+/m1/s1. The Balaban J connectivity index is 1.43. The molecule has 7 nitrogen and oxygen atoms in total. The summed E-state index contributed by atoms with van der Waals surface area (Å²) >= 11 is 0. The summed E-state index contributed by atoms with van der Waals surface area (Å²) in [5, 5.41) is 0. The number of carbonyl (C=O) groups excluding carboxylic acids is 2. The van der Waals surface area contributed by atoms with Crippen LogP contribution in [0.3, 0.4) is 0 Å². The highest BCUT2D eigenvalue weighted by Gasteiger charge is 2.33. The van der Waals surface area contributed by atoms with Crippen molar-refractivity contribution in [2.75, 3.05) is 32.7 Å². The van der Waals surface area contributed by atoms with Crippen molar-refractivity contribution in [2.45, 2.75) is 59.0 Å². The Morgan fingerprint density at radius 2 is 1.90 bits per heavy atom. The molecule has 0 radical (unpaired) electrons. The Kier molecular flexibility index (Phi) is 5.86. The maximum Gasteiger partial charge on any atom is 0.236 e. The number of carbonyl (C=O) groups is 2. The summed E-state index contributed by atoms with van der Waals surface area (Å²) in [4.78, 5) is 40.3. The SMILES string of the molecule is CC(=O)N1CCc2nc([C@@H]3CCCN3CC(=O)N3C[C@H](C)C[C@@H](C)C3)ncc2C1. The van der Waals surface area contributed by atoms with E-state index in [0.717, 1.165) is 62.5 Å². The largest absolute Gasteiger partial charge is 0.341 e. The molecule has 158 valence electrons. The number of piperidine rings is 1. The number of fused-ring (bicyclic) bond motifs is 1. The van der Waals surface area contributed by atoms with E-state index in [1.807, 2.05) is 11.1 Å². The van der Waals surface area contributed by atoms with Crippen LogP contribution in [0.2, 0.25) is 0 Å². The van der Waals surface area contributed by atoms with Crippen LogP contribution in [-0.2, 0) is 22.6 Å². The van der Waals surface area contributed by atoms with Crippen LogP contribution >= 0.6 is 0 Å². The first-order valence-corrected chi connectivity index (χ1v) is 11.0. The predicted octanol–water partition coefficient (Wildman–Crippen LogP) is 2.02. The molecule has 2 saturated heterocycles. The Morgan fingerprint density at radius 3 is 2.62 bits per heavy atom. The van der Waals surface area contributed by atoms with Crippen molar-refractivity contribution in [2.24, 2.45) is 11.8 Å².